The van der Waals surface area contributed by atoms with Gasteiger partial charge >= 0.3 is 6.09 Å². The molecule has 4 aromatic rings. The number of Topliss-reactive ketones (excluding diaryl/α,β-unsaturated/α-hetero) is 1. The molecule has 4 aromatic heterocycles. The summed E-state index contributed by atoms with van der Waals surface area (Å²) in [6.45, 7) is -0.130. The molecule has 0 saturated carbocycles. The lowest BCUT2D eigenvalue weighted by Gasteiger charge is -2.28. The van der Waals surface area contributed by atoms with Crippen molar-refractivity contribution < 1.29 is 27.5 Å². The van der Waals surface area contributed by atoms with E-state index in [-0.39, 0.29) is 30.2 Å². The summed E-state index contributed by atoms with van der Waals surface area (Å²) in [6, 6.07) is 7.80. The van der Waals surface area contributed by atoms with Crippen LogP contribution in [0.15, 0.2) is 64.4 Å². The van der Waals surface area contributed by atoms with Gasteiger partial charge in [0.15, 0.2) is 10.8 Å². The zero-order chi connectivity index (χ0) is 27.1. The summed E-state index contributed by atoms with van der Waals surface area (Å²) in [4.78, 5) is 45.9. The highest BCUT2D eigenvalue weighted by atomic mass is 32.2. The topological polar surface area (TPSA) is 126 Å². The molecule has 3 atom stereocenters. The van der Waals surface area contributed by atoms with Crippen molar-refractivity contribution in [2.45, 2.75) is 35.9 Å². The van der Waals surface area contributed by atoms with Crippen LogP contribution in [0.2, 0.25) is 0 Å². The molecule has 14 heteroatoms. The minimum Gasteiger partial charge on any atom is -0.399 e. The minimum atomic E-state index is -3.97. The molecule has 2 amide bonds. The van der Waals surface area contributed by atoms with Gasteiger partial charge in [0.2, 0.25) is 15.9 Å². The van der Waals surface area contributed by atoms with E-state index in [0.717, 1.165) is 14.3 Å². The van der Waals surface area contributed by atoms with Gasteiger partial charge in [0.05, 0.1) is 12.6 Å². The standard InChI is InChI=1S/C25H22N4O6S4/c30-19-14-29(39(33,34)16-4-1-7-26-13-16)18-5-8-28(23(18)19)24(31)17(11-15-3-2-9-36-15)27-25(32)35-22-12-21-20(38-22)6-10-37-21/h1-4,6-7,9-10,12-13,17-18,23H,5,8,11,14H2,(H,27,32). The Balaban J connectivity index is 1.21. The number of sulfonamides is 1. The summed E-state index contributed by atoms with van der Waals surface area (Å²) in [7, 11) is -3.97. The van der Waals surface area contributed by atoms with Crippen LogP contribution >= 0.6 is 34.0 Å². The summed E-state index contributed by atoms with van der Waals surface area (Å²) in [5.41, 5.74) is 0. The van der Waals surface area contributed by atoms with Gasteiger partial charge in [-0.15, -0.1) is 22.7 Å². The molecule has 202 valence electrons. The van der Waals surface area contributed by atoms with Crippen molar-refractivity contribution in [1.29, 1.82) is 0 Å². The molecular weight excluding hydrogens is 581 g/mol. The fraction of sp³-hybridized carbons (Fsp3) is 0.280. The zero-order valence-electron chi connectivity index (χ0n) is 20.3. The van der Waals surface area contributed by atoms with E-state index < -0.39 is 40.1 Å². The van der Waals surface area contributed by atoms with Crippen molar-refractivity contribution in [1.82, 2.24) is 19.5 Å². The number of nitrogens with one attached hydrogen (secondary N) is 1. The molecule has 2 saturated heterocycles. The molecule has 0 bridgehead atoms. The van der Waals surface area contributed by atoms with Crippen LogP contribution in [-0.2, 0) is 26.0 Å². The molecule has 39 heavy (non-hydrogen) atoms. The van der Waals surface area contributed by atoms with Crippen LogP contribution in [0.1, 0.15) is 11.3 Å². The van der Waals surface area contributed by atoms with Crippen molar-refractivity contribution in [2.24, 2.45) is 0 Å². The number of carbonyl (C=O) groups excluding carboxylic acids is 3. The first kappa shape index (κ1) is 26.1. The van der Waals surface area contributed by atoms with E-state index in [2.05, 4.69) is 10.3 Å². The molecule has 0 aliphatic carbocycles. The van der Waals surface area contributed by atoms with Crippen LogP contribution in [0.4, 0.5) is 4.79 Å². The Kier molecular flexibility index (Phi) is 6.97. The number of rotatable bonds is 7. The van der Waals surface area contributed by atoms with Crippen LogP contribution in [-0.4, -0.2) is 71.6 Å². The van der Waals surface area contributed by atoms with E-state index in [1.165, 1.54) is 56.4 Å². The van der Waals surface area contributed by atoms with Gasteiger partial charge in [-0.1, -0.05) is 17.4 Å². The molecular formula is C25H22N4O6S4. The summed E-state index contributed by atoms with van der Waals surface area (Å²) in [5.74, 6) is -0.802. The van der Waals surface area contributed by atoms with Crippen molar-refractivity contribution in [3.8, 4) is 5.06 Å². The number of ketones is 1. The molecule has 0 spiro atoms. The van der Waals surface area contributed by atoms with Crippen LogP contribution in [0.25, 0.3) is 9.40 Å². The first-order valence-electron chi connectivity index (χ1n) is 12.0. The number of hydrogen-bond donors (Lipinski definition) is 1. The Morgan fingerprint density at radius 1 is 1.15 bits per heavy atom. The summed E-state index contributed by atoms with van der Waals surface area (Å²) in [6.07, 6.45) is 2.47. The molecule has 1 N–H and O–H groups in total. The average Bonchev–Trinajstić information content (AvgIpc) is 3.73. The van der Waals surface area contributed by atoms with E-state index in [1.54, 1.807) is 17.4 Å². The number of nitrogens with zero attached hydrogens (tertiary/aromatic N) is 3. The number of ether oxygens (including phenoxy) is 1. The third-order valence-corrected chi connectivity index (χ3v) is 11.5. The number of thiophene rings is 3. The Bertz CT molecular complexity index is 1600. The second-order valence-electron chi connectivity index (χ2n) is 9.12. The molecule has 6 heterocycles. The maximum atomic E-state index is 13.8. The number of carbonyl (C=O) groups is 3. The van der Waals surface area contributed by atoms with Crippen LogP contribution in [0.5, 0.6) is 5.06 Å². The van der Waals surface area contributed by atoms with E-state index in [4.69, 9.17) is 4.74 Å². The number of hydrogen-bond acceptors (Lipinski definition) is 10. The van der Waals surface area contributed by atoms with Gasteiger partial charge in [-0.3, -0.25) is 14.6 Å². The fourth-order valence-electron chi connectivity index (χ4n) is 5.06. The van der Waals surface area contributed by atoms with Crippen molar-refractivity contribution in [3.63, 3.8) is 0 Å². The number of likely N-dealkylation sites (tertiary alicyclic amines) is 1. The zero-order valence-corrected chi connectivity index (χ0v) is 23.5. The van der Waals surface area contributed by atoms with Gasteiger partial charge in [-0.05, 0) is 41.4 Å². The van der Waals surface area contributed by atoms with E-state index >= 15 is 0 Å². The quantitative estimate of drug-likeness (QED) is 0.344. The van der Waals surface area contributed by atoms with Crippen LogP contribution in [0, 0.1) is 0 Å². The smallest absolute Gasteiger partial charge is 0.399 e. The normalized spacial score (nSPS) is 20.3. The molecule has 10 nitrogen and oxygen atoms in total. The lowest BCUT2D eigenvalue weighted by molar-refractivity contribution is -0.138. The van der Waals surface area contributed by atoms with Gasteiger partial charge < -0.3 is 15.0 Å². The van der Waals surface area contributed by atoms with Gasteiger partial charge in [0.25, 0.3) is 0 Å². The Hall–Kier alpha value is -3.17. The SMILES string of the molecule is O=C(NC(Cc1cccs1)C(=O)N1CCC2C1C(=O)CN2S(=O)(=O)c1cccnc1)Oc1cc2sccc2s1. The Morgan fingerprint density at radius 3 is 2.77 bits per heavy atom. The van der Waals surface area contributed by atoms with Gasteiger partial charge in [-0.2, -0.15) is 4.31 Å². The first-order chi connectivity index (χ1) is 18.8. The highest BCUT2D eigenvalue weighted by molar-refractivity contribution is 7.89. The molecule has 2 aliphatic heterocycles. The monoisotopic (exact) mass is 602 g/mol. The number of aromatic nitrogens is 1. The summed E-state index contributed by atoms with van der Waals surface area (Å²) >= 11 is 4.32. The number of amides is 2. The van der Waals surface area contributed by atoms with E-state index in [0.29, 0.717) is 11.5 Å². The van der Waals surface area contributed by atoms with Crippen molar-refractivity contribution >= 4 is 71.2 Å². The average molecular weight is 603 g/mol. The third kappa shape index (κ3) is 4.98. The van der Waals surface area contributed by atoms with Gasteiger partial charge in [0, 0.05) is 45.7 Å². The first-order valence-corrected chi connectivity index (χ1v) is 16.1. The summed E-state index contributed by atoms with van der Waals surface area (Å²) < 4.78 is 35.2. The minimum absolute atomic E-state index is 0.00310. The van der Waals surface area contributed by atoms with Gasteiger partial charge in [0.1, 0.15) is 17.0 Å². The van der Waals surface area contributed by atoms with Crippen LogP contribution < -0.4 is 10.1 Å². The lowest BCUT2D eigenvalue weighted by atomic mass is 10.1. The third-order valence-electron chi connectivity index (χ3n) is 6.79. The van der Waals surface area contributed by atoms with Crippen molar-refractivity contribution in [2.75, 3.05) is 13.1 Å². The van der Waals surface area contributed by atoms with Gasteiger partial charge in [-0.25, -0.2) is 13.2 Å². The summed E-state index contributed by atoms with van der Waals surface area (Å²) in [5, 5.41) is 6.94. The lowest BCUT2D eigenvalue weighted by Crippen LogP contribution is -2.53. The molecule has 0 aromatic carbocycles. The molecule has 3 unspecified atom stereocenters. The van der Waals surface area contributed by atoms with Crippen LogP contribution in [0.3, 0.4) is 0 Å². The predicted octanol–water partition coefficient (Wildman–Crippen LogP) is 3.36. The number of pyridine rings is 1. The molecule has 2 aliphatic rings. The highest BCUT2D eigenvalue weighted by Gasteiger charge is 2.54. The Morgan fingerprint density at radius 2 is 2.03 bits per heavy atom. The Labute approximate surface area is 235 Å². The van der Waals surface area contributed by atoms with E-state index in [1.807, 2.05) is 29.0 Å². The van der Waals surface area contributed by atoms with Crippen molar-refractivity contribution in [3.05, 3.63) is 64.4 Å². The molecule has 0 radical (unpaired) electrons. The molecule has 2 fully saturated rings. The number of fused-ring (bicyclic) bond motifs is 2. The maximum Gasteiger partial charge on any atom is 0.414 e. The highest BCUT2D eigenvalue weighted by Crippen LogP contribution is 2.36. The predicted molar refractivity (Wildman–Crippen MR) is 148 cm³/mol. The maximum absolute atomic E-state index is 13.8. The largest absolute Gasteiger partial charge is 0.414 e. The fourth-order valence-corrected chi connectivity index (χ4v) is 9.35. The second-order valence-corrected chi connectivity index (χ2v) is 14.0. The van der Waals surface area contributed by atoms with E-state index in [9.17, 15) is 22.8 Å². The molecule has 6 rings (SSSR count). The second kappa shape index (κ2) is 10.4.